The monoisotopic (exact) mass is 331 g/mol. The number of ether oxygens (including phenoxy) is 1. The van der Waals surface area contributed by atoms with E-state index >= 15 is 0 Å². The van der Waals surface area contributed by atoms with Crippen molar-refractivity contribution in [2.45, 2.75) is 19.9 Å². The number of hydrogen-bond donors (Lipinski definition) is 1. The van der Waals surface area contributed by atoms with Gasteiger partial charge in [0, 0.05) is 18.3 Å². The van der Waals surface area contributed by atoms with Crippen molar-refractivity contribution in [2.75, 3.05) is 7.11 Å². The number of ketones is 1. The van der Waals surface area contributed by atoms with E-state index in [1.807, 2.05) is 13.8 Å². The fourth-order valence-corrected chi connectivity index (χ4v) is 2.02. The molecule has 126 valence electrons. The summed E-state index contributed by atoms with van der Waals surface area (Å²) in [6, 6.07) is 2.71. The van der Waals surface area contributed by atoms with Gasteiger partial charge < -0.3 is 9.84 Å². The molecule has 24 heavy (non-hydrogen) atoms. The standard InChI is InChI=1S/C16H17N3O5/c1-10(2)18-9-12(8-17-18)14(20)5-4-11-6-13(19(22)23)16(21)15(7-11)24-3/h4-10,21H,1-3H3/b5-4+. The first kappa shape index (κ1) is 17.2. The van der Waals surface area contributed by atoms with Gasteiger partial charge in [0.25, 0.3) is 0 Å². The molecule has 0 atom stereocenters. The Kier molecular flexibility index (Phi) is 4.98. The van der Waals surface area contributed by atoms with Crippen LogP contribution in [0.25, 0.3) is 6.08 Å². The molecule has 1 aromatic heterocycles. The molecule has 0 saturated carbocycles. The number of nitro benzene ring substituents is 1. The summed E-state index contributed by atoms with van der Waals surface area (Å²) >= 11 is 0. The zero-order valence-electron chi connectivity index (χ0n) is 13.5. The minimum absolute atomic E-state index is 0.0380. The summed E-state index contributed by atoms with van der Waals surface area (Å²) in [6.07, 6.45) is 5.81. The van der Waals surface area contributed by atoms with Gasteiger partial charge in [0.1, 0.15) is 0 Å². The number of aromatic nitrogens is 2. The molecule has 2 rings (SSSR count). The number of phenolic OH excluding ortho intramolecular Hbond substituents is 1. The quantitative estimate of drug-likeness (QED) is 0.377. The Hall–Kier alpha value is -3.16. The van der Waals surface area contributed by atoms with E-state index in [2.05, 4.69) is 5.10 Å². The summed E-state index contributed by atoms with van der Waals surface area (Å²) in [5.41, 5.74) is 0.287. The summed E-state index contributed by atoms with van der Waals surface area (Å²) in [7, 11) is 1.29. The average molecular weight is 331 g/mol. The Balaban J connectivity index is 2.29. The summed E-state index contributed by atoms with van der Waals surface area (Å²) < 4.78 is 6.57. The van der Waals surface area contributed by atoms with Crippen LogP contribution in [-0.2, 0) is 0 Å². The number of aromatic hydroxyl groups is 1. The minimum atomic E-state index is -0.719. The minimum Gasteiger partial charge on any atom is -0.500 e. The van der Waals surface area contributed by atoms with Crippen LogP contribution in [0.1, 0.15) is 35.8 Å². The maximum absolute atomic E-state index is 12.1. The van der Waals surface area contributed by atoms with Crippen LogP contribution in [0.2, 0.25) is 0 Å². The molecule has 1 N–H and O–H groups in total. The molecule has 0 aliphatic rings. The number of nitrogens with zero attached hydrogens (tertiary/aromatic N) is 3. The molecule has 0 aliphatic carbocycles. The third kappa shape index (κ3) is 3.60. The fourth-order valence-electron chi connectivity index (χ4n) is 2.02. The zero-order valence-corrected chi connectivity index (χ0v) is 13.5. The van der Waals surface area contributed by atoms with Crippen molar-refractivity contribution >= 4 is 17.5 Å². The normalized spacial score (nSPS) is 11.2. The molecule has 0 aliphatic heterocycles. The van der Waals surface area contributed by atoms with E-state index in [-0.39, 0.29) is 17.6 Å². The zero-order chi connectivity index (χ0) is 17.9. The second-order valence-corrected chi connectivity index (χ2v) is 5.35. The molecule has 8 heteroatoms. The molecular formula is C16H17N3O5. The largest absolute Gasteiger partial charge is 0.500 e. The van der Waals surface area contributed by atoms with Crippen molar-refractivity contribution in [1.29, 1.82) is 0 Å². The molecule has 1 aromatic carbocycles. The SMILES string of the molecule is COc1cc(/C=C/C(=O)c2cnn(C(C)C)c2)cc([N+](=O)[O-])c1O. The number of methoxy groups -OCH3 is 1. The van der Waals surface area contributed by atoms with Crippen LogP contribution >= 0.6 is 0 Å². The van der Waals surface area contributed by atoms with Crippen molar-refractivity contribution in [3.8, 4) is 11.5 Å². The number of phenols is 1. The van der Waals surface area contributed by atoms with Crippen molar-refractivity contribution in [2.24, 2.45) is 0 Å². The van der Waals surface area contributed by atoms with Gasteiger partial charge in [-0.15, -0.1) is 0 Å². The highest BCUT2D eigenvalue weighted by Gasteiger charge is 2.19. The van der Waals surface area contributed by atoms with E-state index in [1.165, 1.54) is 37.6 Å². The Labute approximate surface area is 138 Å². The van der Waals surface area contributed by atoms with Gasteiger partial charge in [-0.1, -0.05) is 6.08 Å². The van der Waals surface area contributed by atoms with Crippen LogP contribution in [0.5, 0.6) is 11.5 Å². The van der Waals surface area contributed by atoms with E-state index in [0.29, 0.717) is 11.1 Å². The van der Waals surface area contributed by atoms with Crippen LogP contribution in [0.4, 0.5) is 5.69 Å². The van der Waals surface area contributed by atoms with Crippen molar-refractivity contribution in [3.05, 3.63) is 51.8 Å². The number of hydrogen-bond acceptors (Lipinski definition) is 6. The van der Waals surface area contributed by atoms with Crippen molar-refractivity contribution in [3.63, 3.8) is 0 Å². The smallest absolute Gasteiger partial charge is 0.315 e. The van der Waals surface area contributed by atoms with Gasteiger partial charge in [0.15, 0.2) is 11.5 Å². The van der Waals surface area contributed by atoms with Gasteiger partial charge in [-0.2, -0.15) is 5.10 Å². The molecule has 0 unspecified atom stereocenters. The third-order valence-electron chi connectivity index (χ3n) is 3.34. The molecule has 0 fully saturated rings. The highest BCUT2D eigenvalue weighted by Crippen LogP contribution is 2.37. The average Bonchev–Trinajstić information content (AvgIpc) is 3.03. The van der Waals surface area contributed by atoms with E-state index < -0.39 is 16.4 Å². The van der Waals surface area contributed by atoms with Crippen LogP contribution in [-0.4, -0.2) is 32.7 Å². The second kappa shape index (κ2) is 6.95. The lowest BCUT2D eigenvalue weighted by Gasteiger charge is -2.05. The second-order valence-electron chi connectivity index (χ2n) is 5.35. The number of carbonyl (C=O) groups excluding carboxylic acids is 1. The van der Waals surface area contributed by atoms with Crippen LogP contribution in [0.3, 0.4) is 0 Å². The van der Waals surface area contributed by atoms with Gasteiger partial charge in [0.05, 0.1) is 23.8 Å². The lowest BCUT2D eigenvalue weighted by Crippen LogP contribution is -2.00. The van der Waals surface area contributed by atoms with Gasteiger partial charge in [-0.3, -0.25) is 19.6 Å². The molecule has 0 amide bonds. The van der Waals surface area contributed by atoms with E-state index in [1.54, 1.807) is 10.9 Å². The number of allylic oxidation sites excluding steroid dienone is 1. The summed E-state index contributed by atoms with van der Waals surface area (Å²) in [4.78, 5) is 22.4. The molecule has 0 radical (unpaired) electrons. The number of rotatable bonds is 6. The number of benzene rings is 1. The maximum atomic E-state index is 12.1. The highest BCUT2D eigenvalue weighted by molar-refractivity contribution is 6.06. The Bertz CT molecular complexity index is 808. The maximum Gasteiger partial charge on any atom is 0.315 e. The predicted octanol–water partition coefficient (Wildman–Crippen LogP) is 2.98. The van der Waals surface area contributed by atoms with Gasteiger partial charge in [-0.25, -0.2) is 0 Å². The Morgan fingerprint density at radius 3 is 2.71 bits per heavy atom. The van der Waals surface area contributed by atoms with Crippen LogP contribution < -0.4 is 4.74 Å². The van der Waals surface area contributed by atoms with Gasteiger partial charge in [-0.05, 0) is 31.6 Å². The van der Waals surface area contributed by atoms with Crippen molar-refractivity contribution < 1.29 is 19.6 Å². The first-order valence-corrected chi connectivity index (χ1v) is 7.15. The van der Waals surface area contributed by atoms with Gasteiger partial charge in [0.2, 0.25) is 5.75 Å². The van der Waals surface area contributed by atoms with Crippen molar-refractivity contribution in [1.82, 2.24) is 9.78 Å². The molecule has 1 heterocycles. The Morgan fingerprint density at radius 2 is 2.17 bits per heavy atom. The predicted molar refractivity (Wildman–Crippen MR) is 87.3 cm³/mol. The Morgan fingerprint density at radius 1 is 1.46 bits per heavy atom. The van der Waals surface area contributed by atoms with Gasteiger partial charge >= 0.3 is 5.69 Å². The first-order valence-electron chi connectivity index (χ1n) is 7.15. The van der Waals surface area contributed by atoms with Crippen LogP contribution in [0.15, 0.2) is 30.6 Å². The lowest BCUT2D eigenvalue weighted by molar-refractivity contribution is -0.386. The topological polar surface area (TPSA) is 107 Å². The molecule has 8 nitrogen and oxygen atoms in total. The summed E-state index contributed by atoms with van der Waals surface area (Å²) in [5.74, 6) is -0.871. The molecule has 2 aromatic rings. The number of nitro groups is 1. The molecule has 0 spiro atoms. The third-order valence-corrected chi connectivity index (χ3v) is 3.34. The molecular weight excluding hydrogens is 314 g/mol. The van der Waals surface area contributed by atoms with E-state index in [0.717, 1.165) is 0 Å². The lowest BCUT2D eigenvalue weighted by atomic mass is 10.1. The van der Waals surface area contributed by atoms with E-state index in [9.17, 15) is 20.0 Å². The van der Waals surface area contributed by atoms with Crippen LogP contribution in [0, 0.1) is 10.1 Å². The highest BCUT2D eigenvalue weighted by atomic mass is 16.6. The van der Waals surface area contributed by atoms with E-state index in [4.69, 9.17) is 4.74 Å². The number of carbonyl (C=O) groups is 1. The molecule has 0 bridgehead atoms. The summed E-state index contributed by atoms with van der Waals surface area (Å²) in [5, 5.41) is 24.8. The fraction of sp³-hybridized carbons (Fsp3) is 0.250. The first-order chi connectivity index (χ1) is 11.3. The molecule has 0 saturated heterocycles. The summed E-state index contributed by atoms with van der Waals surface area (Å²) in [6.45, 7) is 3.89.